The number of aromatic nitrogens is 5. The summed E-state index contributed by atoms with van der Waals surface area (Å²) in [4.78, 5) is 16.4. The lowest BCUT2D eigenvalue weighted by atomic mass is 10.2. The summed E-state index contributed by atoms with van der Waals surface area (Å²) in [5.41, 5.74) is 5.69. The van der Waals surface area contributed by atoms with E-state index in [2.05, 4.69) is 39.1 Å². The monoisotopic (exact) mass is 291 g/mol. The van der Waals surface area contributed by atoms with Crippen LogP contribution in [0, 0.1) is 5.92 Å². The van der Waals surface area contributed by atoms with Crippen LogP contribution in [0.5, 0.6) is 0 Å². The standard InChI is InChI=1S/C13H21N7O/c1-10(2)8-21-7-3-4-16-12-17-11(14)18-13(19-12)20-6-5-15-9-20/h5-6,9-10H,3-4,7-8H2,1-2H3,(H3,14,16,17,18,19). The summed E-state index contributed by atoms with van der Waals surface area (Å²) in [7, 11) is 0. The van der Waals surface area contributed by atoms with Crippen molar-refractivity contribution in [1.29, 1.82) is 0 Å². The number of nitrogens with one attached hydrogen (secondary N) is 1. The van der Waals surface area contributed by atoms with Crippen LogP contribution in [0.1, 0.15) is 20.3 Å². The van der Waals surface area contributed by atoms with Crippen LogP contribution in [0.2, 0.25) is 0 Å². The number of hydrogen-bond donors (Lipinski definition) is 2. The molecule has 21 heavy (non-hydrogen) atoms. The Morgan fingerprint density at radius 3 is 2.90 bits per heavy atom. The van der Waals surface area contributed by atoms with Crippen LogP contribution in [-0.4, -0.2) is 44.3 Å². The van der Waals surface area contributed by atoms with Gasteiger partial charge < -0.3 is 15.8 Å². The van der Waals surface area contributed by atoms with Crippen LogP contribution in [-0.2, 0) is 4.74 Å². The lowest BCUT2D eigenvalue weighted by Crippen LogP contribution is -2.13. The zero-order valence-electron chi connectivity index (χ0n) is 12.4. The Hall–Kier alpha value is -2.22. The van der Waals surface area contributed by atoms with E-state index in [9.17, 15) is 0 Å². The molecule has 0 atom stereocenters. The summed E-state index contributed by atoms with van der Waals surface area (Å²) in [6.07, 6.45) is 5.88. The molecule has 0 saturated heterocycles. The number of imidazole rings is 1. The van der Waals surface area contributed by atoms with Crippen molar-refractivity contribution < 1.29 is 4.74 Å². The van der Waals surface area contributed by atoms with Crippen LogP contribution in [0.3, 0.4) is 0 Å². The van der Waals surface area contributed by atoms with Crippen molar-refractivity contribution in [3.8, 4) is 5.95 Å². The van der Waals surface area contributed by atoms with Gasteiger partial charge in [0.15, 0.2) is 0 Å². The number of anilines is 2. The Bertz CT molecular complexity index is 541. The van der Waals surface area contributed by atoms with E-state index in [1.807, 2.05) is 0 Å². The van der Waals surface area contributed by atoms with Crippen molar-refractivity contribution in [2.24, 2.45) is 5.92 Å². The number of nitrogens with zero attached hydrogens (tertiary/aromatic N) is 5. The van der Waals surface area contributed by atoms with Crippen LogP contribution in [0.4, 0.5) is 11.9 Å². The first-order valence-electron chi connectivity index (χ1n) is 6.96. The third kappa shape index (κ3) is 4.99. The topological polar surface area (TPSA) is 104 Å². The number of rotatable bonds is 8. The summed E-state index contributed by atoms with van der Waals surface area (Å²) in [6.45, 7) is 6.46. The fourth-order valence-corrected chi connectivity index (χ4v) is 1.65. The summed E-state index contributed by atoms with van der Waals surface area (Å²) >= 11 is 0. The first-order chi connectivity index (χ1) is 10.1. The molecule has 0 bridgehead atoms. The number of nitrogen functional groups attached to an aromatic ring is 1. The summed E-state index contributed by atoms with van der Waals surface area (Å²) in [5.74, 6) is 1.62. The summed E-state index contributed by atoms with van der Waals surface area (Å²) in [6, 6.07) is 0. The average Bonchev–Trinajstić information content (AvgIpc) is 2.96. The Kier molecular flexibility index (Phi) is 5.44. The van der Waals surface area contributed by atoms with E-state index in [1.165, 1.54) is 0 Å². The molecule has 2 rings (SSSR count). The second-order valence-corrected chi connectivity index (χ2v) is 5.04. The molecular formula is C13H21N7O. The van der Waals surface area contributed by atoms with E-state index in [0.29, 0.717) is 31.0 Å². The highest BCUT2D eigenvalue weighted by Crippen LogP contribution is 2.06. The van der Waals surface area contributed by atoms with Gasteiger partial charge in [0, 0.05) is 32.2 Å². The maximum atomic E-state index is 5.69. The van der Waals surface area contributed by atoms with Crippen molar-refractivity contribution in [3.05, 3.63) is 18.7 Å². The molecule has 8 nitrogen and oxygen atoms in total. The predicted octanol–water partition coefficient (Wildman–Crippen LogP) is 1.11. The van der Waals surface area contributed by atoms with Gasteiger partial charge in [0.2, 0.25) is 17.8 Å². The smallest absolute Gasteiger partial charge is 0.241 e. The molecule has 0 aliphatic heterocycles. The van der Waals surface area contributed by atoms with Gasteiger partial charge in [0.05, 0.1) is 0 Å². The molecule has 8 heteroatoms. The summed E-state index contributed by atoms with van der Waals surface area (Å²) < 4.78 is 7.18. The minimum Gasteiger partial charge on any atom is -0.381 e. The average molecular weight is 291 g/mol. The van der Waals surface area contributed by atoms with Gasteiger partial charge in [-0.15, -0.1) is 0 Å². The van der Waals surface area contributed by atoms with Crippen LogP contribution in [0.15, 0.2) is 18.7 Å². The number of hydrogen-bond acceptors (Lipinski definition) is 7. The minimum absolute atomic E-state index is 0.173. The van der Waals surface area contributed by atoms with Gasteiger partial charge in [-0.2, -0.15) is 15.0 Å². The largest absolute Gasteiger partial charge is 0.381 e. The van der Waals surface area contributed by atoms with Crippen molar-refractivity contribution in [1.82, 2.24) is 24.5 Å². The molecule has 0 aliphatic rings. The second kappa shape index (κ2) is 7.53. The Balaban J connectivity index is 1.83. The van der Waals surface area contributed by atoms with Gasteiger partial charge in [-0.1, -0.05) is 13.8 Å². The third-order valence-electron chi connectivity index (χ3n) is 2.58. The zero-order chi connectivity index (χ0) is 15.1. The van der Waals surface area contributed by atoms with Crippen LogP contribution < -0.4 is 11.1 Å². The molecule has 3 N–H and O–H groups in total. The predicted molar refractivity (Wildman–Crippen MR) is 80.1 cm³/mol. The minimum atomic E-state index is 0.173. The molecule has 2 heterocycles. The molecule has 0 saturated carbocycles. The van der Waals surface area contributed by atoms with Gasteiger partial charge in [-0.25, -0.2) is 4.98 Å². The highest BCUT2D eigenvalue weighted by Gasteiger charge is 2.05. The molecular weight excluding hydrogens is 270 g/mol. The maximum Gasteiger partial charge on any atom is 0.241 e. The van der Waals surface area contributed by atoms with Gasteiger partial charge in [-0.05, 0) is 12.3 Å². The van der Waals surface area contributed by atoms with E-state index in [4.69, 9.17) is 10.5 Å². The van der Waals surface area contributed by atoms with E-state index >= 15 is 0 Å². The van der Waals surface area contributed by atoms with Crippen molar-refractivity contribution >= 4 is 11.9 Å². The van der Waals surface area contributed by atoms with E-state index in [-0.39, 0.29) is 5.95 Å². The molecule has 2 aromatic heterocycles. The van der Waals surface area contributed by atoms with Crippen molar-refractivity contribution in [2.45, 2.75) is 20.3 Å². The fourth-order valence-electron chi connectivity index (χ4n) is 1.65. The number of ether oxygens (including phenoxy) is 1. The van der Waals surface area contributed by atoms with E-state index < -0.39 is 0 Å². The third-order valence-corrected chi connectivity index (χ3v) is 2.58. The fraction of sp³-hybridized carbons (Fsp3) is 0.538. The van der Waals surface area contributed by atoms with Crippen LogP contribution >= 0.6 is 0 Å². The van der Waals surface area contributed by atoms with Gasteiger partial charge in [0.25, 0.3) is 0 Å². The molecule has 0 aromatic carbocycles. The SMILES string of the molecule is CC(C)COCCCNc1nc(N)nc(-n2ccnc2)n1. The van der Waals surface area contributed by atoms with Gasteiger partial charge in [0.1, 0.15) is 6.33 Å². The van der Waals surface area contributed by atoms with Crippen molar-refractivity contribution in [3.63, 3.8) is 0 Å². The first kappa shape index (κ1) is 15.2. The number of nitrogens with two attached hydrogens (primary N) is 1. The molecule has 114 valence electrons. The quantitative estimate of drug-likeness (QED) is 0.702. The van der Waals surface area contributed by atoms with Crippen LogP contribution in [0.25, 0.3) is 5.95 Å². The molecule has 0 fully saturated rings. The molecule has 0 aliphatic carbocycles. The highest BCUT2D eigenvalue weighted by molar-refractivity contribution is 5.34. The molecule has 0 amide bonds. The lowest BCUT2D eigenvalue weighted by Gasteiger charge is -2.08. The molecule has 2 aromatic rings. The normalized spacial score (nSPS) is 11.0. The van der Waals surface area contributed by atoms with E-state index in [0.717, 1.165) is 13.0 Å². The molecule has 0 spiro atoms. The second-order valence-electron chi connectivity index (χ2n) is 5.04. The van der Waals surface area contributed by atoms with Gasteiger partial charge >= 0.3 is 0 Å². The molecule has 0 radical (unpaired) electrons. The van der Waals surface area contributed by atoms with E-state index in [1.54, 1.807) is 23.3 Å². The molecule has 0 unspecified atom stereocenters. The first-order valence-corrected chi connectivity index (χ1v) is 6.96. The van der Waals surface area contributed by atoms with Gasteiger partial charge in [-0.3, -0.25) is 4.57 Å². The zero-order valence-corrected chi connectivity index (χ0v) is 12.4. The maximum absolute atomic E-state index is 5.69. The summed E-state index contributed by atoms with van der Waals surface area (Å²) in [5, 5.41) is 3.12. The van der Waals surface area contributed by atoms with Crippen molar-refractivity contribution in [2.75, 3.05) is 30.8 Å². The Morgan fingerprint density at radius 2 is 2.19 bits per heavy atom. The Labute approximate surface area is 123 Å². The Morgan fingerprint density at radius 1 is 1.33 bits per heavy atom. The highest BCUT2D eigenvalue weighted by atomic mass is 16.5. The lowest BCUT2D eigenvalue weighted by molar-refractivity contribution is 0.110.